The monoisotopic (exact) mass is 281 g/mol. The zero-order valence-corrected chi connectivity index (χ0v) is 12.3. The molecule has 0 bridgehead atoms. The third-order valence-electron chi connectivity index (χ3n) is 2.97. The van der Waals surface area contributed by atoms with Crippen LogP contribution in [0.25, 0.3) is 0 Å². The molecule has 0 aromatic heterocycles. The van der Waals surface area contributed by atoms with E-state index in [0.717, 1.165) is 11.3 Å². The van der Waals surface area contributed by atoms with Crippen molar-refractivity contribution in [3.63, 3.8) is 0 Å². The SMILES string of the molecule is COCC(O)CNC(=O)CCOc1ccc(C)c(C)c1. The first-order valence-corrected chi connectivity index (χ1v) is 6.66. The molecule has 1 aromatic rings. The second-order valence-electron chi connectivity index (χ2n) is 4.76. The summed E-state index contributed by atoms with van der Waals surface area (Å²) < 4.78 is 10.3. The Hall–Kier alpha value is -1.59. The Morgan fingerprint density at radius 2 is 2.10 bits per heavy atom. The van der Waals surface area contributed by atoms with Gasteiger partial charge in [0.1, 0.15) is 5.75 Å². The first-order valence-electron chi connectivity index (χ1n) is 6.66. The van der Waals surface area contributed by atoms with Gasteiger partial charge in [0.2, 0.25) is 5.91 Å². The standard InChI is InChI=1S/C15H23NO4/c1-11-4-5-14(8-12(11)2)20-7-6-15(18)16-9-13(17)10-19-3/h4-5,8,13,17H,6-7,9-10H2,1-3H3,(H,16,18). The van der Waals surface area contributed by atoms with E-state index in [1.165, 1.54) is 12.7 Å². The fourth-order valence-corrected chi connectivity index (χ4v) is 1.64. The summed E-state index contributed by atoms with van der Waals surface area (Å²) in [6.07, 6.45) is -0.420. The maximum atomic E-state index is 11.5. The molecule has 0 aliphatic carbocycles. The minimum Gasteiger partial charge on any atom is -0.493 e. The van der Waals surface area contributed by atoms with E-state index in [-0.39, 0.29) is 25.5 Å². The number of aliphatic hydroxyl groups is 1. The highest BCUT2D eigenvalue weighted by molar-refractivity contribution is 5.76. The summed E-state index contributed by atoms with van der Waals surface area (Å²) in [4.78, 5) is 11.5. The molecule has 1 aromatic carbocycles. The number of nitrogens with one attached hydrogen (secondary N) is 1. The number of benzene rings is 1. The van der Waals surface area contributed by atoms with Crippen molar-refractivity contribution in [1.29, 1.82) is 0 Å². The molecule has 0 saturated heterocycles. The van der Waals surface area contributed by atoms with E-state index in [0.29, 0.717) is 6.61 Å². The molecule has 0 heterocycles. The van der Waals surface area contributed by atoms with Gasteiger partial charge in [-0.25, -0.2) is 0 Å². The fraction of sp³-hybridized carbons (Fsp3) is 0.533. The lowest BCUT2D eigenvalue weighted by Gasteiger charge is -2.11. The number of carbonyl (C=O) groups is 1. The molecule has 20 heavy (non-hydrogen) atoms. The van der Waals surface area contributed by atoms with E-state index in [1.54, 1.807) is 0 Å². The van der Waals surface area contributed by atoms with Gasteiger partial charge in [0.15, 0.2) is 0 Å². The van der Waals surface area contributed by atoms with Crippen molar-refractivity contribution < 1.29 is 19.4 Å². The smallest absolute Gasteiger partial charge is 0.223 e. The number of aryl methyl sites for hydroxylation is 2. The van der Waals surface area contributed by atoms with Crippen LogP contribution in [0.4, 0.5) is 0 Å². The fourth-order valence-electron chi connectivity index (χ4n) is 1.64. The van der Waals surface area contributed by atoms with Crippen LogP contribution in [0, 0.1) is 13.8 Å². The van der Waals surface area contributed by atoms with Crippen LogP contribution < -0.4 is 10.1 Å². The summed E-state index contributed by atoms with van der Waals surface area (Å²) in [5.74, 6) is 0.615. The molecule has 0 aliphatic heterocycles. The van der Waals surface area contributed by atoms with E-state index < -0.39 is 6.10 Å². The van der Waals surface area contributed by atoms with Gasteiger partial charge < -0.3 is 19.9 Å². The Bertz CT molecular complexity index is 434. The van der Waals surface area contributed by atoms with Gasteiger partial charge in [-0.1, -0.05) is 6.07 Å². The molecule has 0 aliphatic rings. The van der Waals surface area contributed by atoms with Crippen LogP contribution in [0.3, 0.4) is 0 Å². The summed E-state index contributed by atoms with van der Waals surface area (Å²) in [6, 6.07) is 5.84. The molecular weight excluding hydrogens is 258 g/mol. The first kappa shape index (κ1) is 16.5. The average molecular weight is 281 g/mol. The largest absolute Gasteiger partial charge is 0.493 e. The summed E-state index contributed by atoms with van der Waals surface area (Å²) in [7, 11) is 1.50. The Morgan fingerprint density at radius 1 is 1.35 bits per heavy atom. The van der Waals surface area contributed by atoms with Crippen LogP contribution in [0.15, 0.2) is 18.2 Å². The predicted octanol–water partition coefficient (Wildman–Crippen LogP) is 1.20. The highest BCUT2D eigenvalue weighted by Crippen LogP contribution is 2.16. The van der Waals surface area contributed by atoms with Gasteiger partial charge in [0.05, 0.1) is 25.7 Å². The van der Waals surface area contributed by atoms with E-state index in [9.17, 15) is 9.90 Å². The molecule has 0 fully saturated rings. The zero-order valence-electron chi connectivity index (χ0n) is 12.3. The van der Waals surface area contributed by atoms with Crippen molar-refractivity contribution >= 4 is 5.91 Å². The van der Waals surface area contributed by atoms with Crippen molar-refractivity contribution in [2.24, 2.45) is 0 Å². The zero-order chi connectivity index (χ0) is 15.0. The van der Waals surface area contributed by atoms with Gasteiger partial charge in [-0.2, -0.15) is 0 Å². The van der Waals surface area contributed by atoms with E-state index in [2.05, 4.69) is 5.32 Å². The second kappa shape index (κ2) is 8.55. The molecule has 1 unspecified atom stereocenters. The Labute approximate surface area is 119 Å². The highest BCUT2D eigenvalue weighted by atomic mass is 16.5. The lowest BCUT2D eigenvalue weighted by atomic mass is 10.1. The molecule has 0 spiro atoms. The number of amides is 1. The minimum absolute atomic E-state index is 0.149. The normalized spacial score (nSPS) is 12.0. The van der Waals surface area contributed by atoms with Gasteiger partial charge in [-0.3, -0.25) is 4.79 Å². The van der Waals surface area contributed by atoms with Crippen molar-refractivity contribution in [2.45, 2.75) is 26.4 Å². The number of carbonyl (C=O) groups excluding carboxylic acids is 1. The molecule has 0 radical (unpaired) electrons. The quantitative estimate of drug-likeness (QED) is 0.751. The van der Waals surface area contributed by atoms with E-state index in [4.69, 9.17) is 9.47 Å². The Balaban J connectivity index is 2.23. The van der Waals surface area contributed by atoms with E-state index in [1.807, 2.05) is 32.0 Å². The van der Waals surface area contributed by atoms with Crippen molar-refractivity contribution in [3.05, 3.63) is 29.3 Å². The van der Waals surface area contributed by atoms with Crippen molar-refractivity contribution in [1.82, 2.24) is 5.32 Å². The summed E-state index contributed by atoms with van der Waals surface area (Å²) in [5, 5.41) is 12.0. The molecule has 2 N–H and O–H groups in total. The van der Waals surface area contributed by atoms with Crippen LogP contribution >= 0.6 is 0 Å². The van der Waals surface area contributed by atoms with Crippen LogP contribution in [0.1, 0.15) is 17.5 Å². The molecule has 1 amide bonds. The van der Waals surface area contributed by atoms with Gasteiger partial charge in [-0.05, 0) is 37.1 Å². The predicted molar refractivity (Wildman–Crippen MR) is 76.9 cm³/mol. The van der Waals surface area contributed by atoms with Gasteiger partial charge in [0.25, 0.3) is 0 Å². The third kappa shape index (κ3) is 6.04. The number of methoxy groups -OCH3 is 1. The Morgan fingerprint density at radius 3 is 2.75 bits per heavy atom. The van der Waals surface area contributed by atoms with Crippen LogP contribution in [0.2, 0.25) is 0 Å². The Kier molecular flexibility index (Phi) is 7.04. The topological polar surface area (TPSA) is 67.8 Å². The van der Waals surface area contributed by atoms with Gasteiger partial charge >= 0.3 is 0 Å². The van der Waals surface area contributed by atoms with Crippen LogP contribution in [0.5, 0.6) is 5.75 Å². The lowest BCUT2D eigenvalue weighted by Crippen LogP contribution is -2.34. The second-order valence-corrected chi connectivity index (χ2v) is 4.76. The molecular formula is C15H23NO4. The minimum atomic E-state index is -0.676. The van der Waals surface area contributed by atoms with Gasteiger partial charge in [-0.15, -0.1) is 0 Å². The maximum absolute atomic E-state index is 11.5. The summed E-state index contributed by atoms with van der Waals surface area (Å²) in [5.41, 5.74) is 2.37. The molecule has 1 rings (SSSR count). The van der Waals surface area contributed by atoms with Crippen LogP contribution in [-0.2, 0) is 9.53 Å². The number of hydrogen-bond acceptors (Lipinski definition) is 4. The number of rotatable bonds is 8. The molecule has 5 nitrogen and oxygen atoms in total. The number of ether oxygens (including phenoxy) is 2. The summed E-state index contributed by atoms with van der Waals surface area (Å²) in [6.45, 7) is 4.77. The highest BCUT2D eigenvalue weighted by Gasteiger charge is 2.07. The van der Waals surface area contributed by atoms with Gasteiger partial charge in [0, 0.05) is 13.7 Å². The molecule has 1 atom stereocenters. The maximum Gasteiger partial charge on any atom is 0.223 e. The van der Waals surface area contributed by atoms with E-state index >= 15 is 0 Å². The van der Waals surface area contributed by atoms with Crippen molar-refractivity contribution in [2.75, 3.05) is 26.9 Å². The first-order chi connectivity index (χ1) is 9.52. The average Bonchev–Trinajstić information content (AvgIpc) is 2.41. The molecule has 0 saturated carbocycles. The lowest BCUT2D eigenvalue weighted by molar-refractivity contribution is -0.122. The molecule has 112 valence electrons. The molecule has 5 heteroatoms. The summed E-state index contributed by atoms with van der Waals surface area (Å²) >= 11 is 0. The van der Waals surface area contributed by atoms with Crippen LogP contribution in [-0.4, -0.2) is 44.0 Å². The number of hydrogen-bond donors (Lipinski definition) is 2. The third-order valence-corrected chi connectivity index (χ3v) is 2.97. The van der Waals surface area contributed by atoms with Crippen molar-refractivity contribution in [3.8, 4) is 5.75 Å². The number of aliphatic hydroxyl groups excluding tert-OH is 1.